The Bertz CT molecular complexity index is 936. The molecule has 1 aliphatic heterocycles. The third-order valence-electron chi connectivity index (χ3n) is 8.75. The zero-order valence-corrected chi connectivity index (χ0v) is 22.5. The van der Waals surface area contributed by atoms with Gasteiger partial charge in [0.25, 0.3) is 5.91 Å². The standard InChI is InChI=1S/C29H42ClN3O2/c1-4-5-6-11-27(34)33(21-22-12-13-23-20-25(22)29(23,2)3)19-16-31-14-17-32(18-15-31)28(35)24-9-7-8-10-26(24)30/h7-10,12,23,25H,4-6,11,13-21H2,1-3H3. The number of piperazine rings is 1. The van der Waals surface area contributed by atoms with Crippen molar-refractivity contribution in [3.05, 3.63) is 46.5 Å². The number of halogens is 1. The molecule has 35 heavy (non-hydrogen) atoms. The fourth-order valence-corrected chi connectivity index (χ4v) is 6.31. The van der Waals surface area contributed by atoms with E-state index in [1.807, 2.05) is 17.0 Å². The first-order valence-corrected chi connectivity index (χ1v) is 13.9. The molecule has 4 aliphatic rings. The highest BCUT2D eigenvalue weighted by Gasteiger charge is 2.51. The number of carbonyl (C=O) groups excluding carboxylic acids is 2. The van der Waals surface area contributed by atoms with Crippen molar-refractivity contribution in [1.82, 2.24) is 14.7 Å². The van der Waals surface area contributed by atoms with Gasteiger partial charge in [-0.15, -0.1) is 0 Å². The molecule has 2 fully saturated rings. The highest BCUT2D eigenvalue weighted by atomic mass is 35.5. The van der Waals surface area contributed by atoms with E-state index in [0.717, 1.165) is 64.3 Å². The fourth-order valence-electron chi connectivity index (χ4n) is 6.09. The largest absolute Gasteiger partial charge is 0.337 e. The quantitative estimate of drug-likeness (QED) is 0.315. The first-order chi connectivity index (χ1) is 16.8. The molecule has 1 aromatic carbocycles. The van der Waals surface area contributed by atoms with Gasteiger partial charge < -0.3 is 9.80 Å². The van der Waals surface area contributed by atoms with E-state index < -0.39 is 0 Å². The molecule has 5 rings (SSSR count). The van der Waals surface area contributed by atoms with Crippen LogP contribution in [0, 0.1) is 17.3 Å². The second-order valence-electron chi connectivity index (χ2n) is 11.2. The van der Waals surface area contributed by atoms with Crippen LogP contribution < -0.4 is 0 Å². The van der Waals surface area contributed by atoms with Crippen molar-refractivity contribution in [3.63, 3.8) is 0 Å². The molecular formula is C29H42ClN3O2. The number of unbranched alkanes of at least 4 members (excludes halogenated alkanes) is 2. The molecule has 1 saturated carbocycles. The summed E-state index contributed by atoms with van der Waals surface area (Å²) in [4.78, 5) is 32.5. The maximum Gasteiger partial charge on any atom is 0.255 e. The first-order valence-electron chi connectivity index (χ1n) is 13.5. The predicted molar refractivity (Wildman–Crippen MR) is 143 cm³/mol. The summed E-state index contributed by atoms with van der Waals surface area (Å²) in [6.45, 7) is 12.4. The Balaban J connectivity index is 1.31. The molecular weight excluding hydrogens is 458 g/mol. The number of nitrogens with zero attached hydrogens (tertiary/aromatic N) is 3. The molecule has 0 N–H and O–H groups in total. The smallest absolute Gasteiger partial charge is 0.255 e. The summed E-state index contributed by atoms with van der Waals surface area (Å²) >= 11 is 6.24. The third kappa shape index (κ3) is 5.94. The second-order valence-corrected chi connectivity index (χ2v) is 11.6. The molecule has 1 saturated heterocycles. The average molecular weight is 500 g/mol. The van der Waals surface area contributed by atoms with Gasteiger partial charge in [-0.3, -0.25) is 14.5 Å². The fraction of sp³-hybridized carbons (Fsp3) is 0.655. The summed E-state index contributed by atoms with van der Waals surface area (Å²) in [6, 6.07) is 7.27. The topological polar surface area (TPSA) is 43.9 Å². The van der Waals surface area contributed by atoms with Gasteiger partial charge in [-0.1, -0.05) is 69.0 Å². The molecule has 3 aliphatic carbocycles. The molecule has 5 nitrogen and oxygen atoms in total. The monoisotopic (exact) mass is 499 g/mol. The van der Waals surface area contributed by atoms with Gasteiger partial charge in [0.2, 0.25) is 5.91 Å². The van der Waals surface area contributed by atoms with Gasteiger partial charge >= 0.3 is 0 Å². The van der Waals surface area contributed by atoms with E-state index in [1.165, 1.54) is 12.0 Å². The van der Waals surface area contributed by atoms with Crippen molar-refractivity contribution in [3.8, 4) is 0 Å². The number of amides is 2. The van der Waals surface area contributed by atoms with Gasteiger partial charge in [-0.25, -0.2) is 0 Å². The van der Waals surface area contributed by atoms with Crippen LogP contribution in [0.1, 0.15) is 69.7 Å². The van der Waals surface area contributed by atoms with Gasteiger partial charge in [0.15, 0.2) is 0 Å². The van der Waals surface area contributed by atoms with Gasteiger partial charge in [0.05, 0.1) is 10.6 Å². The van der Waals surface area contributed by atoms with Crippen LogP contribution in [0.2, 0.25) is 5.02 Å². The van der Waals surface area contributed by atoms with Crippen LogP contribution in [0.3, 0.4) is 0 Å². The Morgan fingerprint density at radius 2 is 1.86 bits per heavy atom. The zero-order chi connectivity index (χ0) is 25.0. The number of hydrogen-bond donors (Lipinski definition) is 0. The summed E-state index contributed by atoms with van der Waals surface area (Å²) in [5.41, 5.74) is 2.44. The minimum absolute atomic E-state index is 0.00799. The van der Waals surface area contributed by atoms with Gasteiger partial charge in [-0.05, 0) is 48.6 Å². The van der Waals surface area contributed by atoms with Crippen LogP contribution in [-0.4, -0.2) is 72.3 Å². The Kier molecular flexibility index (Phi) is 8.59. The van der Waals surface area contributed by atoms with Crippen LogP contribution >= 0.6 is 11.6 Å². The molecule has 0 spiro atoms. The van der Waals surface area contributed by atoms with Gasteiger partial charge in [0, 0.05) is 52.2 Å². The molecule has 0 radical (unpaired) electrons. The highest BCUT2D eigenvalue weighted by Crippen LogP contribution is 2.59. The molecule has 192 valence electrons. The first kappa shape index (κ1) is 26.2. The molecule has 2 unspecified atom stereocenters. The molecule has 2 amide bonds. The van der Waals surface area contributed by atoms with Crippen LogP contribution in [0.5, 0.6) is 0 Å². The molecule has 0 aromatic heterocycles. The SMILES string of the molecule is CCCCCC(=O)N(CCN1CCN(C(=O)c2ccccc2Cl)CC1)CC1=CCC2CC1C2(C)C. The lowest BCUT2D eigenvalue weighted by molar-refractivity contribution is -0.131. The van der Waals surface area contributed by atoms with Gasteiger partial charge in [-0.2, -0.15) is 0 Å². The lowest BCUT2D eigenvalue weighted by Gasteiger charge is -2.57. The lowest BCUT2D eigenvalue weighted by atomic mass is 9.49. The van der Waals surface area contributed by atoms with E-state index in [2.05, 4.69) is 36.6 Å². The summed E-state index contributed by atoms with van der Waals surface area (Å²) in [6.07, 6.45) is 8.75. The summed E-state index contributed by atoms with van der Waals surface area (Å²) in [7, 11) is 0. The maximum atomic E-state index is 13.2. The van der Waals surface area contributed by atoms with E-state index in [4.69, 9.17) is 11.6 Å². The number of hydrogen-bond acceptors (Lipinski definition) is 3. The summed E-state index contributed by atoms with van der Waals surface area (Å²) in [5, 5.41) is 0.509. The van der Waals surface area contributed by atoms with E-state index in [-0.39, 0.29) is 5.91 Å². The summed E-state index contributed by atoms with van der Waals surface area (Å²) in [5.74, 6) is 1.75. The number of fused-ring (bicyclic) bond motifs is 1. The molecule has 1 heterocycles. The number of carbonyl (C=O) groups is 2. The lowest BCUT2D eigenvalue weighted by Crippen LogP contribution is -2.52. The van der Waals surface area contributed by atoms with Crippen LogP contribution in [0.4, 0.5) is 0 Å². The van der Waals surface area contributed by atoms with Crippen molar-refractivity contribution in [1.29, 1.82) is 0 Å². The number of benzene rings is 1. The minimum Gasteiger partial charge on any atom is -0.337 e. The van der Waals surface area contributed by atoms with Crippen molar-refractivity contribution in [2.24, 2.45) is 17.3 Å². The molecule has 1 aromatic rings. The molecule has 2 atom stereocenters. The minimum atomic E-state index is 0.00799. The Labute approximate surface area is 216 Å². The van der Waals surface area contributed by atoms with Crippen molar-refractivity contribution >= 4 is 23.4 Å². The Hall–Kier alpha value is -1.85. The number of rotatable bonds is 10. The van der Waals surface area contributed by atoms with E-state index >= 15 is 0 Å². The summed E-state index contributed by atoms with van der Waals surface area (Å²) < 4.78 is 0. The highest BCUT2D eigenvalue weighted by molar-refractivity contribution is 6.33. The van der Waals surface area contributed by atoms with Crippen LogP contribution in [0.25, 0.3) is 0 Å². The maximum absolute atomic E-state index is 13.2. The Morgan fingerprint density at radius 3 is 2.51 bits per heavy atom. The normalized spacial score (nSPS) is 23.4. The van der Waals surface area contributed by atoms with Crippen molar-refractivity contribution in [2.45, 2.75) is 59.3 Å². The number of allylic oxidation sites excluding steroid dienone is 1. The van der Waals surface area contributed by atoms with Crippen LogP contribution in [0.15, 0.2) is 35.9 Å². The van der Waals surface area contributed by atoms with Crippen LogP contribution in [-0.2, 0) is 4.79 Å². The van der Waals surface area contributed by atoms with Crippen molar-refractivity contribution < 1.29 is 9.59 Å². The van der Waals surface area contributed by atoms with E-state index in [1.54, 1.807) is 12.1 Å². The van der Waals surface area contributed by atoms with Crippen molar-refractivity contribution in [2.75, 3.05) is 45.8 Å². The average Bonchev–Trinajstić information content (AvgIpc) is 2.86. The van der Waals surface area contributed by atoms with Gasteiger partial charge in [0.1, 0.15) is 0 Å². The Morgan fingerprint density at radius 1 is 1.11 bits per heavy atom. The molecule has 6 heteroatoms. The van der Waals surface area contributed by atoms with E-state index in [9.17, 15) is 9.59 Å². The zero-order valence-electron chi connectivity index (χ0n) is 21.8. The second kappa shape index (κ2) is 11.5. The van der Waals surface area contributed by atoms with E-state index in [0.29, 0.717) is 47.3 Å². The molecule has 2 bridgehead atoms. The predicted octanol–water partition coefficient (Wildman–Crippen LogP) is 5.50. The third-order valence-corrected chi connectivity index (χ3v) is 9.08.